The minimum absolute atomic E-state index is 0.0888. The summed E-state index contributed by atoms with van der Waals surface area (Å²) in [6.45, 7) is 7.46. The van der Waals surface area contributed by atoms with Crippen LogP contribution in [0.5, 0.6) is 0 Å². The fourth-order valence-corrected chi connectivity index (χ4v) is 2.04. The summed E-state index contributed by atoms with van der Waals surface area (Å²) in [5.41, 5.74) is 1.90. The molecule has 0 bridgehead atoms. The van der Waals surface area contributed by atoms with Crippen LogP contribution in [0.15, 0.2) is 24.3 Å². The van der Waals surface area contributed by atoms with E-state index < -0.39 is 0 Å². The topological polar surface area (TPSA) is 40.5 Å². The molecule has 0 aliphatic rings. The second kappa shape index (κ2) is 7.29. The minimum Gasteiger partial charge on any atom is -0.395 e. The maximum atomic E-state index is 12.3. The summed E-state index contributed by atoms with van der Waals surface area (Å²) in [4.78, 5) is 14.4. The van der Waals surface area contributed by atoms with Crippen LogP contribution >= 0.6 is 0 Å². The van der Waals surface area contributed by atoms with Crippen molar-refractivity contribution in [1.82, 2.24) is 4.90 Å². The van der Waals surface area contributed by atoms with Gasteiger partial charge in [0.05, 0.1) is 12.6 Å². The van der Waals surface area contributed by atoms with Gasteiger partial charge in [-0.3, -0.25) is 9.69 Å². The number of aliphatic hydroxyl groups is 1. The molecule has 0 aliphatic heterocycles. The number of benzene rings is 1. The second-order valence-electron chi connectivity index (χ2n) is 4.67. The number of Topliss-reactive ketones (excluding diaryl/α,β-unsaturated/α-hetero) is 1. The molecule has 1 N–H and O–H groups in total. The van der Waals surface area contributed by atoms with Crippen molar-refractivity contribution < 1.29 is 9.90 Å². The lowest BCUT2D eigenvalue weighted by atomic mass is 10.0. The summed E-state index contributed by atoms with van der Waals surface area (Å²) in [5, 5.41) is 9.05. The van der Waals surface area contributed by atoms with E-state index in [-0.39, 0.29) is 18.4 Å². The van der Waals surface area contributed by atoms with Gasteiger partial charge in [0, 0.05) is 12.1 Å². The third-order valence-electron chi connectivity index (χ3n) is 3.16. The molecule has 0 aliphatic carbocycles. The predicted octanol–water partition coefficient (Wildman–Crippen LogP) is 2.27. The van der Waals surface area contributed by atoms with E-state index in [2.05, 4.69) is 6.92 Å². The standard InChI is InChI=1S/C15H23NO2/c1-4-9-16(10-11-17)13(3)15(18)14-7-5-12(2)6-8-14/h5-8,13,17H,4,9-11H2,1-3H3. The Bertz CT molecular complexity index is 367. The zero-order valence-electron chi connectivity index (χ0n) is 11.5. The molecule has 1 aromatic rings. The molecule has 0 spiro atoms. The first-order chi connectivity index (χ1) is 8.60. The van der Waals surface area contributed by atoms with Crippen molar-refractivity contribution in [3.63, 3.8) is 0 Å². The summed E-state index contributed by atoms with van der Waals surface area (Å²) >= 11 is 0. The normalized spacial score (nSPS) is 12.7. The molecule has 1 rings (SSSR count). The van der Waals surface area contributed by atoms with Crippen molar-refractivity contribution in [3.8, 4) is 0 Å². The number of carbonyl (C=O) groups is 1. The Labute approximate surface area is 109 Å². The van der Waals surface area contributed by atoms with Crippen LogP contribution in [0.4, 0.5) is 0 Å². The summed E-state index contributed by atoms with van der Waals surface area (Å²) in [6.07, 6.45) is 0.978. The lowest BCUT2D eigenvalue weighted by molar-refractivity contribution is 0.0808. The molecule has 18 heavy (non-hydrogen) atoms. The van der Waals surface area contributed by atoms with Gasteiger partial charge in [0.15, 0.2) is 5.78 Å². The molecule has 100 valence electrons. The molecule has 1 atom stereocenters. The Morgan fingerprint density at radius 1 is 1.28 bits per heavy atom. The zero-order valence-corrected chi connectivity index (χ0v) is 11.5. The highest BCUT2D eigenvalue weighted by Crippen LogP contribution is 2.11. The highest BCUT2D eigenvalue weighted by atomic mass is 16.3. The Morgan fingerprint density at radius 2 is 1.89 bits per heavy atom. The lowest BCUT2D eigenvalue weighted by Crippen LogP contribution is -2.41. The lowest BCUT2D eigenvalue weighted by Gasteiger charge is -2.27. The van der Waals surface area contributed by atoms with Gasteiger partial charge in [0.2, 0.25) is 0 Å². The van der Waals surface area contributed by atoms with Gasteiger partial charge in [-0.1, -0.05) is 36.8 Å². The van der Waals surface area contributed by atoms with Crippen molar-refractivity contribution in [2.24, 2.45) is 0 Å². The molecule has 3 heteroatoms. The van der Waals surface area contributed by atoms with Gasteiger partial charge in [0.1, 0.15) is 0 Å². The summed E-state index contributed by atoms with van der Waals surface area (Å²) in [6, 6.07) is 7.47. The molecule has 0 aromatic heterocycles. The Balaban J connectivity index is 2.77. The van der Waals surface area contributed by atoms with Gasteiger partial charge in [-0.05, 0) is 26.8 Å². The van der Waals surface area contributed by atoms with Crippen LogP contribution in [0.25, 0.3) is 0 Å². The number of nitrogens with zero attached hydrogens (tertiary/aromatic N) is 1. The molecule has 0 heterocycles. The first kappa shape index (κ1) is 14.9. The van der Waals surface area contributed by atoms with Crippen LogP contribution in [0.2, 0.25) is 0 Å². The molecule has 0 amide bonds. The molecule has 1 unspecified atom stereocenters. The SMILES string of the molecule is CCCN(CCO)C(C)C(=O)c1ccc(C)cc1. The molecular weight excluding hydrogens is 226 g/mol. The van der Waals surface area contributed by atoms with Gasteiger partial charge in [-0.25, -0.2) is 0 Å². The maximum Gasteiger partial charge on any atom is 0.179 e. The van der Waals surface area contributed by atoms with Crippen molar-refractivity contribution in [3.05, 3.63) is 35.4 Å². The quantitative estimate of drug-likeness (QED) is 0.754. The Hall–Kier alpha value is -1.19. The average molecular weight is 249 g/mol. The molecule has 1 aromatic carbocycles. The van der Waals surface area contributed by atoms with Gasteiger partial charge in [0.25, 0.3) is 0 Å². The molecule has 0 saturated carbocycles. The number of aliphatic hydroxyl groups excluding tert-OH is 1. The van der Waals surface area contributed by atoms with Gasteiger partial charge < -0.3 is 5.11 Å². The van der Waals surface area contributed by atoms with E-state index in [9.17, 15) is 4.79 Å². The molecule has 0 saturated heterocycles. The molecule has 0 radical (unpaired) electrons. The van der Waals surface area contributed by atoms with Crippen molar-refractivity contribution in [2.45, 2.75) is 33.2 Å². The van der Waals surface area contributed by atoms with Crippen LogP contribution in [0, 0.1) is 6.92 Å². The smallest absolute Gasteiger partial charge is 0.179 e. The number of carbonyl (C=O) groups excluding carboxylic acids is 1. The Kier molecular flexibility index (Phi) is 6.02. The van der Waals surface area contributed by atoms with Crippen molar-refractivity contribution in [2.75, 3.05) is 19.7 Å². The van der Waals surface area contributed by atoms with Crippen LogP contribution in [-0.2, 0) is 0 Å². The first-order valence-electron chi connectivity index (χ1n) is 6.56. The Morgan fingerprint density at radius 3 is 2.39 bits per heavy atom. The van der Waals surface area contributed by atoms with Crippen LogP contribution < -0.4 is 0 Å². The van der Waals surface area contributed by atoms with Gasteiger partial charge in [-0.15, -0.1) is 0 Å². The third-order valence-corrected chi connectivity index (χ3v) is 3.16. The van der Waals surface area contributed by atoms with E-state index >= 15 is 0 Å². The van der Waals surface area contributed by atoms with E-state index in [4.69, 9.17) is 5.11 Å². The third kappa shape index (κ3) is 3.93. The molecule has 3 nitrogen and oxygen atoms in total. The highest BCUT2D eigenvalue weighted by Gasteiger charge is 2.21. The van der Waals surface area contributed by atoms with Gasteiger partial charge >= 0.3 is 0 Å². The monoisotopic (exact) mass is 249 g/mol. The van der Waals surface area contributed by atoms with Crippen molar-refractivity contribution in [1.29, 1.82) is 0 Å². The number of rotatable bonds is 7. The predicted molar refractivity (Wildman–Crippen MR) is 73.9 cm³/mol. The average Bonchev–Trinajstić information content (AvgIpc) is 2.38. The fraction of sp³-hybridized carbons (Fsp3) is 0.533. The van der Waals surface area contributed by atoms with Crippen molar-refractivity contribution >= 4 is 5.78 Å². The second-order valence-corrected chi connectivity index (χ2v) is 4.67. The molecule has 0 fully saturated rings. The van der Waals surface area contributed by atoms with E-state index in [1.54, 1.807) is 0 Å². The van der Waals surface area contributed by atoms with E-state index in [1.165, 1.54) is 0 Å². The number of ketones is 1. The minimum atomic E-state index is -0.181. The summed E-state index contributed by atoms with van der Waals surface area (Å²) < 4.78 is 0. The van der Waals surface area contributed by atoms with E-state index in [1.807, 2.05) is 43.0 Å². The zero-order chi connectivity index (χ0) is 13.5. The van der Waals surface area contributed by atoms with E-state index in [0.29, 0.717) is 6.54 Å². The van der Waals surface area contributed by atoms with E-state index in [0.717, 1.165) is 24.1 Å². The number of hydrogen-bond acceptors (Lipinski definition) is 3. The van der Waals surface area contributed by atoms with Crippen LogP contribution in [-0.4, -0.2) is 41.5 Å². The number of aryl methyl sites for hydroxylation is 1. The maximum absolute atomic E-state index is 12.3. The highest BCUT2D eigenvalue weighted by molar-refractivity contribution is 5.99. The number of hydrogen-bond donors (Lipinski definition) is 1. The van der Waals surface area contributed by atoms with Crippen LogP contribution in [0.1, 0.15) is 36.2 Å². The fourth-order valence-electron chi connectivity index (χ4n) is 2.04. The van der Waals surface area contributed by atoms with Gasteiger partial charge in [-0.2, -0.15) is 0 Å². The summed E-state index contributed by atoms with van der Waals surface area (Å²) in [7, 11) is 0. The van der Waals surface area contributed by atoms with Crippen LogP contribution in [0.3, 0.4) is 0 Å². The summed E-state index contributed by atoms with van der Waals surface area (Å²) in [5.74, 6) is 0.122. The first-order valence-corrected chi connectivity index (χ1v) is 6.56. The molecular formula is C15H23NO2. The largest absolute Gasteiger partial charge is 0.395 e.